The van der Waals surface area contributed by atoms with E-state index in [1.54, 1.807) is 0 Å². The van der Waals surface area contributed by atoms with Gasteiger partial charge in [0, 0.05) is 22.1 Å². The van der Waals surface area contributed by atoms with Crippen molar-refractivity contribution in [3.63, 3.8) is 0 Å². The topological polar surface area (TPSA) is 12.0 Å². The fraction of sp³-hybridized carbons (Fsp3) is 0.538. The molecular weight excluding hydrogens is 238 g/mol. The first-order valence-corrected chi connectivity index (χ1v) is 7.14. The first-order valence-electron chi connectivity index (χ1n) is 5.71. The number of halogens is 1. The monoisotopic (exact) mass is 257 g/mol. The summed E-state index contributed by atoms with van der Waals surface area (Å²) in [6.45, 7) is 4.50. The Balaban J connectivity index is 2.60. The van der Waals surface area contributed by atoms with E-state index in [1.165, 1.54) is 12.0 Å². The van der Waals surface area contributed by atoms with Crippen molar-refractivity contribution in [3.8, 4) is 0 Å². The highest BCUT2D eigenvalue weighted by Gasteiger charge is 2.11. The van der Waals surface area contributed by atoms with Crippen LogP contribution in [0.4, 0.5) is 0 Å². The van der Waals surface area contributed by atoms with Gasteiger partial charge in [0.1, 0.15) is 0 Å². The lowest BCUT2D eigenvalue weighted by molar-refractivity contribution is 0.660. The Hall–Kier alpha value is -0.180. The Morgan fingerprint density at radius 1 is 1.44 bits per heavy atom. The van der Waals surface area contributed by atoms with Crippen molar-refractivity contribution in [1.29, 1.82) is 0 Å². The van der Waals surface area contributed by atoms with Gasteiger partial charge in [0.05, 0.1) is 0 Å². The Morgan fingerprint density at radius 3 is 2.75 bits per heavy atom. The van der Waals surface area contributed by atoms with Crippen LogP contribution in [0.25, 0.3) is 0 Å². The first-order chi connectivity index (χ1) is 7.67. The first kappa shape index (κ1) is 13.9. The molecule has 1 N–H and O–H groups in total. The van der Waals surface area contributed by atoms with Gasteiger partial charge < -0.3 is 5.32 Å². The summed E-state index contributed by atoms with van der Waals surface area (Å²) in [4.78, 5) is 0. The maximum atomic E-state index is 6.00. The molecular formula is C13H20ClNS. The molecule has 3 heteroatoms. The Morgan fingerprint density at radius 2 is 2.19 bits per heavy atom. The number of hydrogen-bond acceptors (Lipinski definition) is 2. The smallest absolute Gasteiger partial charge is 0.0410 e. The largest absolute Gasteiger partial charge is 0.312 e. The van der Waals surface area contributed by atoms with Gasteiger partial charge in [-0.15, -0.1) is 0 Å². The predicted molar refractivity (Wildman–Crippen MR) is 75.5 cm³/mol. The van der Waals surface area contributed by atoms with Crippen LogP contribution in [0.15, 0.2) is 24.3 Å². The standard InChI is InChI=1S/C13H20ClNS/c1-4-10(2)16-9-13(15-3)11-6-5-7-12(14)8-11/h5-8,10,13,15H,4,9H2,1-3H3. The van der Waals surface area contributed by atoms with Crippen LogP contribution in [0.2, 0.25) is 5.02 Å². The summed E-state index contributed by atoms with van der Waals surface area (Å²) < 4.78 is 0. The van der Waals surface area contributed by atoms with E-state index < -0.39 is 0 Å². The maximum absolute atomic E-state index is 6.00. The molecule has 1 aromatic rings. The Labute approximate surface area is 108 Å². The molecule has 0 bridgehead atoms. The summed E-state index contributed by atoms with van der Waals surface area (Å²) in [7, 11) is 2.00. The van der Waals surface area contributed by atoms with Gasteiger partial charge in [-0.1, -0.05) is 37.6 Å². The molecule has 0 fully saturated rings. The summed E-state index contributed by atoms with van der Waals surface area (Å²) in [6, 6.07) is 8.48. The number of rotatable bonds is 6. The lowest BCUT2D eigenvalue weighted by atomic mass is 10.1. The molecule has 90 valence electrons. The van der Waals surface area contributed by atoms with Crippen molar-refractivity contribution in [2.24, 2.45) is 0 Å². The Kier molecular flexibility index (Phi) is 6.25. The van der Waals surface area contributed by atoms with Crippen molar-refractivity contribution >= 4 is 23.4 Å². The average Bonchev–Trinajstić information content (AvgIpc) is 2.29. The van der Waals surface area contributed by atoms with E-state index in [-0.39, 0.29) is 0 Å². The molecule has 0 aliphatic rings. The quantitative estimate of drug-likeness (QED) is 0.822. The molecule has 0 heterocycles. The average molecular weight is 258 g/mol. The van der Waals surface area contributed by atoms with E-state index in [4.69, 9.17) is 11.6 Å². The van der Waals surface area contributed by atoms with Crippen molar-refractivity contribution in [2.75, 3.05) is 12.8 Å². The third kappa shape index (κ3) is 4.36. The molecule has 16 heavy (non-hydrogen) atoms. The van der Waals surface area contributed by atoms with Crippen LogP contribution in [0.5, 0.6) is 0 Å². The highest BCUT2D eigenvalue weighted by atomic mass is 35.5. The van der Waals surface area contributed by atoms with Gasteiger partial charge >= 0.3 is 0 Å². The third-order valence-corrected chi connectivity index (χ3v) is 4.39. The van der Waals surface area contributed by atoms with Gasteiger partial charge in [-0.2, -0.15) is 11.8 Å². The van der Waals surface area contributed by atoms with E-state index >= 15 is 0 Å². The zero-order valence-corrected chi connectivity index (χ0v) is 11.7. The normalized spacial score (nSPS) is 14.8. The molecule has 1 aromatic carbocycles. The molecule has 2 atom stereocenters. The second kappa shape index (κ2) is 7.21. The maximum Gasteiger partial charge on any atom is 0.0410 e. The minimum absolute atomic E-state index is 0.387. The van der Waals surface area contributed by atoms with Gasteiger partial charge in [0.15, 0.2) is 0 Å². The number of hydrogen-bond donors (Lipinski definition) is 1. The molecule has 0 aliphatic heterocycles. The van der Waals surface area contributed by atoms with Gasteiger partial charge in [-0.3, -0.25) is 0 Å². The van der Waals surface area contributed by atoms with Crippen LogP contribution in [0.3, 0.4) is 0 Å². The van der Waals surface area contributed by atoms with Crippen LogP contribution in [0.1, 0.15) is 31.9 Å². The molecule has 0 radical (unpaired) electrons. The zero-order chi connectivity index (χ0) is 12.0. The highest BCUT2D eigenvalue weighted by molar-refractivity contribution is 7.99. The summed E-state index contributed by atoms with van der Waals surface area (Å²) in [5.74, 6) is 1.09. The SMILES string of the molecule is CCC(C)SCC(NC)c1cccc(Cl)c1. The van der Waals surface area contributed by atoms with Crippen molar-refractivity contribution in [3.05, 3.63) is 34.9 Å². The van der Waals surface area contributed by atoms with Crippen molar-refractivity contribution in [1.82, 2.24) is 5.32 Å². The fourth-order valence-electron chi connectivity index (χ4n) is 1.45. The minimum Gasteiger partial charge on any atom is -0.312 e. The van der Waals surface area contributed by atoms with Gasteiger partial charge in [-0.05, 0) is 31.2 Å². The second-order valence-corrected chi connectivity index (χ2v) is 5.86. The van der Waals surface area contributed by atoms with E-state index in [9.17, 15) is 0 Å². The number of thioether (sulfide) groups is 1. The van der Waals surface area contributed by atoms with Crippen molar-refractivity contribution < 1.29 is 0 Å². The lowest BCUT2D eigenvalue weighted by Gasteiger charge is -2.18. The van der Waals surface area contributed by atoms with Crippen molar-refractivity contribution in [2.45, 2.75) is 31.6 Å². The molecule has 1 rings (SSSR count). The lowest BCUT2D eigenvalue weighted by Crippen LogP contribution is -2.19. The van der Waals surface area contributed by atoms with E-state index in [2.05, 4.69) is 25.2 Å². The van der Waals surface area contributed by atoms with Crippen LogP contribution < -0.4 is 5.32 Å². The highest BCUT2D eigenvalue weighted by Crippen LogP contribution is 2.24. The zero-order valence-electron chi connectivity index (χ0n) is 10.2. The summed E-state index contributed by atoms with van der Waals surface area (Å²) in [6.07, 6.45) is 1.22. The van der Waals surface area contributed by atoms with E-state index in [0.29, 0.717) is 6.04 Å². The molecule has 0 aliphatic carbocycles. The van der Waals surface area contributed by atoms with E-state index in [0.717, 1.165) is 16.0 Å². The number of benzene rings is 1. The molecule has 0 saturated heterocycles. The molecule has 2 unspecified atom stereocenters. The van der Waals surface area contributed by atoms with Crippen LogP contribution in [-0.2, 0) is 0 Å². The molecule has 1 nitrogen and oxygen atoms in total. The van der Waals surface area contributed by atoms with Gasteiger partial charge in [0.2, 0.25) is 0 Å². The van der Waals surface area contributed by atoms with Gasteiger partial charge in [-0.25, -0.2) is 0 Å². The van der Waals surface area contributed by atoms with E-state index in [1.807, 2.05) is 37.0 Å². The summed E-state index contributed by atoms with van der Waals surface area (Å²) >= 11 is 8.01. The van der Waals surface area contributed by atoms with Crippen LogP contribution in [-0.4, -0.2) is 18.1 Å². The fourth-order valence-corrected chi connectivity index (χ4v) is 2.76. The van der Waals surface area contributed by atoms with Gasteiger partial charge in [0.25, 0.3) is 0 Å². The predicted octanol–water partition coefficient (Wildman–Crippen LogP) is 4.13. The third-order valence-electron chi connectivity index (χ3n) is 2.72. The van der Waals surface area contributed by atoms with Crippen LogP contribution in [0, 0.1) is 0 Å². The summed E-state index contributed by atoms with van der Waals surface area (Å²) in [5.41, 5.74) is 1.27. The van der Waals surface area contributed by atoms with Crippen LogP contribution >= 0.6 is 23.4 Å². The molecule has 0 amide bonds. The molecule has 0 spiro atoms. The molecule has 0 saturated carbocycles. The molecule has 0 aromatic heterocycles. The minimum atomic E-state index is 0.387. The Bertz CT molecular complexity index is 317. The second-order valence-electron chi connectivity index (χ2n) is 3.95. The summed E-state index contributed by atoms with van der Waals surface area (Å²) in [5, 5.41) is 4.87. The number of nitrogens with one attached hydrogen (secondary N) is 1.